The van der Waals surface area contributed by atoms with Gasteiger partial charge in [-0.25, -0.2) is 0 Å². The number of amides is 7. The van der Waals surface area contributed by atoms with Crippen LogP contribution >= 0.6 is 0 Å². The largest absolute Gasteiger partial charge is 0.460 e. The summed E-state index contributed by atoms with van der Waals surface area (Å²) in [6.07, 6.45) is -10.3. The van der Waals surface area contributed by atoms with E-state index in [0.29, 0.717) is 11.1 Å². The number of rotatable bonds is 29. The lowest BCUT2D eigenvalue weighted by molar-refractivity contribution is -0.384. The van der Waals surface area contributed by atoms with Crippen molar-refractivity contribution in [3.05, 3.63) is 75.3 Å². The van der Waals surface area contributed by atoms with E-state index in [4.69, 9.17) is 14.2 Å². The molecule has 2 aromatic carbocycles. The lowest BCUT2D eigenvalue weighted by Crippen LogP contribution is -2.62. The monoisotopic (exact) mass is 1220 g/mol. The number of esters is 3. The number of nitrogens with one attached hydrogen (secondary N) is 7. The van der Waals surface area contributed by atoms with Gasteiger partial charge in [-0.1, -0.05) is 71.0 Å². The van der Waals surface area contributed by atoms with Gasteiger partial charge in [0.2, 0.25) is 41.2 Å². The topological polar surface area (TPSA) is 343 Å². The molecule has 0 spiro atoms. The van der Waals surface area contributed by atoms with Crippen molar-refractivity contribution in [2.45, 2.75) is 221 Å². The van der Waals surface area contributed by atoms with Crippen molar-refractivity contribution in [3.8, 4) is 0 Å². The Kier molecular flexibility index (Phi) is 27.5. The van der Waals surface area contributed by atoms with E-state index in [9.17, 15) is 76.0 Å². The molecule has 2 rings (SSSR count). The minimum Gasteiger partial charge on any atom is -0.460 e. The van der Waals surface area contributed by atoms with Crippen molar-refractivity contribution in [2.75, 3.05) is 0 Å². The average molecular weight is 1220 g/mol. The van der Waals surface area contributed by atoms with Crippen LogP contribution in [0.15, 0.2) is 48.5 Å². The minimum atomic E-state index is -5.12. The highest BCUT2D eigenvalue weighted by Crippen LogP contribution is 2.25. The molecule has 24 nitrogen and oxygen atoms in total. The van der Waals surface area contributed by atoms with E-state index in [0.717, 1.165) is 12.1 Å². The zero-order valence-electron chi connectivity index (χ0n) is 51.6. The molecule has 0 aromatic heterocycles. The third-order valence-electron chi connectivity index (χ3n) is 12.0. The molecular weight excluding hydrogens is 1130 g/mol. The Morgan fingerprint density at radius 2 is 1.07 bits per heavy atom. The number of hydrogen-bond acceptors (Lipinski definition) is 16. The Morgan fingerprint density at radius 3 is 1.60 bits per heavy atom. The fraction of sp³-hybridized carbons (Fsp3) is 0.610. The molecule has 2 aromatic rings. The summed E-state index contributed by atoms with van der Waals surface area (Å²) in [6, 6.07) is 0.733. The van der Waals surface area contributed by atoms with Gasteiger partial charge < -0.3 is 51.4 Å². The van der Waals surface area contributed by atoms with Gasteiger partial charge in [-0.15, -0.1) is 0 Å². The van der Waals surface area contributed by atoms with Crippen LogP contribution in [-0.4, -0.2) is 129 Å². The highest BCUT2D eigenvalue weighted by molar-refractivity contribution is 6.38. The summed E-state index contributed by atoms with van der Waals surface area (Å²) in [5, 5.41) is 27.9. The Labute approximate surface area is 499 Å². The Morgan fingerprint density at radius 1 is 0.570 bits per heavy atom. The summed E-state index contributed by atoms with van der Waals surface area (Å²) < 4.78 is 58.1. The summed E-state index contributed by atoms with van der Waals surface area (Å²) in [5.74, 6) is -12.6. The van der Waals surface area contributed by atoms with Gasteiger partial charge in [-0.3, -0.25) is 62.9 Å². The van der Waals surface area contributed by atoms with Crippen molar-refractivity contribution in [1.29, 1.82) is 0 Å². The molecule has 0 aliphatic rings. The van der Waals surface area contributed by atoms with E-state index < -0.39 is 186 Å². The van der Waals surface area contributed by atoms with Crippen molar-refractivity contribution < 1.29 is 85.0 Å². The molecule has 7 N–H and O–H groups in total. The molecule has 7 amide bonds. The maximum Gasteiger partial charge on any atom is 0.391 e. The summed E-state index contributed by atoms with van der Waals surface area (Å²) in [4.78, 5) is 161. The Balaban J connectivity index is 2.62. The number of hydrogen-bond donors (Lipinski definition) is 7. The Bertz CT molecular complexity index is 2780. The first-order valence-electron chi connectivity index (χ1n) is 28.0. The second-order valence-electron chi connectivity index (χ2n) is 25.2. The molecule has 0 bridgehead atoms. The summed E-state index contributed by atoms with van der Waals surface area (Å²) in [6.45, 7) is 23.4. The second-order valence-corrected chi connectivity index (χ2v) is 25.2. The van der Waals surface area contributed by atoms with Crippen LogP contribution in [0, 0.1) is 28.4 Å². The zero-order valence-corrected chi connectivity index (χ0v) is 51.6. The van der Waals surface area contributed by atoms with Gasteiger partial charge in [0.05, 0.1) is 24.2 Å². The maximum absolute atomic E-state index is 14.8. The number of carbonyl (C=O) groups excluding carboxylic acids is 11. The van der Waals surface area contributed by atoms with Crippen LogP contribution < -0.4 is 37.2 Å². The predicted octanol–water partition coefficient (Wildman–Crippen LogP) is 5.26. The smallest absolute Gasteiger partial charge is 0.391 e. The molecule has 27 heteroatoms. The number of nitrogens with zero attached hydrogens (tertiary/aromatic N) is 1. The predicted molar refractivity (Wildman–Crippen MR) is 307 cm³/mol. The molecule has 0 radical (unpaired) electrons. The molecule has 0 aliphatic heterocycles. The molecule has 86 heavy (non-hydrogen) atoms. The number of benzene rings is 2. The van der Waals surface area contributed by atoms with Crippen molar-refractivity contribution in [3.63, 3.8) is 0 Å². The molecule has 0 saturated heterocycles. The van der Waals surface area contributed by atoms with Gasteiger partial charge in [0, 0.05) is 37.9 Å². The molecule has 0 saturated carbocycles. The number of nitro groups is 1. The number of alkyl halides is 3. The molecule has 0 heterocycles. The van der Waals surface area contributed by atoms with Gasteiger partial charge in [-0.05, 0) is 110 Å². The lowest BCUT2D eigenvalue weighted by atomic mass is 9.85. The van der Waals surface area contributed by atoms with Gasteiger partial charge in [0.15, 0.2) is 0 Å². The highest BCUT2D eigenvalue weighted by Gasteiger charge is 2.42. The summed E-state index contributed by atoms with van der Waals surface area (Å²) in [7, 11) is 0. The van der Waals surface area contributed by atoms with E-state index in [-0.39, 0.29) is 24.1 Å². The van der Waals surface area contributed by atoms with E-state index in [2.05, 4.69) is 31.9 Å². The van der Waals surface area contributed by atoms with Gasteiger partial charge in [0.25, 0.3) is 11.6 Å². The lowest BCUT2D eigenvalue weighted by Gasteiger charge is -2.34. The van der Waals surface area contributed by atoms with Gasteiger partial charge in [-0.2, -0.15) is 13.2 Å². The number of carbonyl (C=O) groups is 11. The highest BCUT2D eigenvalue weighted by atomic mass is 19.4. The summed E-state index contributed by atoms with van der Waals surface area (Å²) in [5.41, 5.74) is -3.23. The number of nitro benzene ring substituents is 1. The number of halogens is 3. The number of ketones is 1. The van der Waals surface area contributed by atoms with E-state index >= 15 is 0 Å². The van der Waals surface area contributed by atoms with Crippen molar-refractivity contribution in [1.82, 2.24) is 37.2 Å². The average Bonchev–Trinajstić information content (AvgIpc) is 1.50. The number of non-ortho nitro benzene ring substituents is 1. The second kappa shape index (κ2) is 31.9. The summed E-state index contributed by atoms with van der Waals surface area (Å²) >= 11 is 0. The quantitative estimate of drug-likeness (QED) is 0.0180. The van der Waals surface area contributed by atoms with Crippen LogP contribution in [0.4, 0.5) is 18.9 Å². The number of aryl methyl sites for hydroxylation is 1. The minimum absolute atomic E-state index is 0.130. The maximum atomic E-state index is 14.8. The van der Waals surface area contributed by atoms with E-state index in [1.54, 1.807) is 107 Å². The van der Waals surface area contributed by atoms with Crippen molar-refractivity contribution >= 4 is 70.7 Å². The molecule has 0 aliphatic carbocycles. The third-order valence-corrected chi connectivity index (χ3v) is 12.0. The molecular formula is C59H85F3N8O16. The van der Waals surface area contributed by atoms with Gasteiger partial charge >= 0.3 is 24.1 Å². The van der Waals surface area contributed by atoms with Crippen LogP contribution in [0.3, 0.4) is 0 Å². The fourth-order valence-corrected chi connectivity index (χ4v) is 8.17. The standard InChI is InChI=1S/C59H85F3N8O16/c1-33(2)27-39(50(77)68-42(31-59(60,61)62)47(75)53(80)63-32-35-20-18-22-37(28-35)70(82)83)67-54(81)48(55(4,5)6)69-52(79)40(29-36-21-17-16-19-34(36)3)66-49(76)38(23-25-44(72)84-56(7,8)9)65-51(78)41(30-46(74)86-58(13,14)15)64-43(71)24-26-45(73)85-57(10,11)12/h16-22,28,33,38-42,48H,23-27,29-32H2,1-15H3,(H,63,80)(H,64,71)(H,65,78)(H,66,76)(H,67,81)(H,68,77)(H,69,79)/t38-,39-,40-,41-,42?,48+/m0/s1. The molecule has 478 valence electrons. The van der Waals surface area contributed by atoms with Crippen LogP contribution in [0.25, 0.3) is 0 Å². The SMILES string of the molecule is Cc1ccccc1C[C@H](NC(=O)[C@H](CCC(=O)OC(C)(C)C)NC(=O)[C@H](CC(=O)OC(C)(C)C)NC(=O)CCC(=O)OC(C)(C)C)C(=O)N[C@H](C(=O)N[C@@H](CC(C)C)C(=O)NC(CC(F)(F)F)C(=O)C(=O)NCc1cccc([N+](=O)[O-])c1)C(C)(C)C. The van der Waals surface area contributed by atoms with E-state index in [1.807, 2.05) is 5.32 Å². The fourth-order valence-electron chi connectivity index (χ4n) is 8.17. The first-order chi connectivity index (χ1) is 39.3. The zero-order chi connectivity index (χ0) is 65.9. The normalized spacial score (nSPS) is 14.1. The van der Waals surface area contributed by atoms with Crippen LogP contribution in [0.2, 0.25) is 0 Å². The van der Waals surface area contributed by atoms with Crippen LogP contribution in [0.1, 0.15) is 159 Å². The Hall–Kier alpha value is -8.00. The molecule has 1 unspecified atom stereocenters. The number of ether oxygens (including phenoxy) is 3. The van der Waals surface area contributed by atoms with Crippen LogP contribution in [0.5, 0.6) is 0 Å². The van der Waals surface area contributed by atoms with Crippen LogP contribution in [-0.2, 0) is 79.9 Å². The van der Waals surface area contributed by atoms with Crippen molar-refractivity contribution in [2.24, 2.45) is 11.3 Å². The first kappa shape index (κ1) is 74.1. The van der Waals surface area contributed by atoms with Gasteiger partial charge in [0.1, 0.15) is 53.1 Å². The molecule has 6 atom stereocenters. The third kappa shape index (κ3) is 28.7. The first-order valence-corrected chi connectivity index (χ1v) is 28.0. The molecule has 0 fully saturated rings. The van der Waals surface area contributed by atoms with E-state index in [1.165, 1.54) is 32.9 Å². The number of Topliss-reactive ketones (excluding diaryl/α,β-unsaturated/α-hetero) is 1.